The van der Waals surface area contributed by atoms with Crippen LogP contribution in [0.1, 0.15) is 31.4 Å². The predicted octanol–water partition coefficient (Wildman–Crippen LogP) is 2.22. The Morgan fingerprint density at radius 1 is 1.42 bits per heavy atom. The third-order valence-electron chi connectivity index (χ3n) is 3.61. The van der Waals surface area contributed by atoms with Gasteiger partial charge in [0.05, 0.1) is 6.61 Å². The average Bonchev–Trinajstić information content (AvgIpc) is 2.44. The van der Waals surface area contributed by atoms with E-state index >= 15 is 0 Å². The molecule has 2 N–H and O–H groups in total. The van der Waals surface area contributed by atoms with E-state index < -0.39 is 0 Å². The molecule has 19 heavy (non-hydrogen) atoms. The number of urea groups is 1. The molecule has 0 saturated carbocycles. The molecule has 1 heterocycles. The smallest absolute Gasteiger partial charge is 0.314 e. The highest BCUT2D eigenvalue weighted by Gasteiger charge is 2.23. The number of rotatable bonds is 3. The molecule has 0 bridgehead atoms. The Morgan fingerprint density at radius 2 is 2.21 bits per heavy atom. The maximum absolute atomic E-state index is 11.3. The van der Waals surface area contributed by atoms with Crippen LogP contribution in [0.25, 0.3) is 0 Å². The van der Waals surface area contributed by atoms with E-state index in [0.717, 1.165) is 25.2 Å². The third kappa shape index (κ3) is 3.19. The van der Waals surface area contributed by atoms with E-state index in [4.69, 9.17) is 4.74 Å². The average molecular weight is 262 g/mol. The number of nitrogens with one attached hydrogen (secondary N) is 2. The number of benzene rings is 1. The van der Waals surface area contributed by atoms with Crippen LogP contribution in [0.2, 0.25) is 0 Å². The summed E-state index contributed by atoms with van der Waals surface area (Å²) in [5.41, 5.74) is 2.41. The summed E-state index contributed by atoms with van der Waals surface area (Å²) in [6.45, 7) is 5.68. The quantitative estimate of drug-likeness (QED) is 0.877. The van der Waals surface area contributed by atoms with Gasteiger partial charge in [0.15, 0.2) is 0 Å². The van der Waals surface area contributed by atoms with Crippen LogP contribution in [0.4, 0.5) is 4.79 Å². The van der Waals surface area contributed by atoms with E-state index in [-0.39, 0.29) is 11.4 Å². The fourth-order valence-electron chi connectivity index (χ4n) is 2.27. The number of carbonyl (C=O) groups excluding carboxylic acids is 1. The van der Waals surface area contributed by atoms with Crippen molar-refractivity contribution < 1.29 is 9.53 Å². The zero-order valence-corrected chi connectivity index (χ0v) is 11.9. The van der Waals surface area contributed by atoms with E-state index in [0.29, 0.717) is 6.54 Å². The fraction of sp³-hybridized carbons (Fsp3) is 0.533. The summed E-state index contributed by atoms with van der Waals surface area (Å²) in [6.07, 6.45) is 2.15. The lowest BCUT2D eigenvalue weighted by Gasteiger charge is -2.27. The molecule has 1 aliphatic heterocycles. The number of carbonyl (C=O) groups is 1. The summed E-state index contributed by atoms with van der Waals surface area (Å²) in [4.78, 5) is 11.3. The van der Waals surface area contributed by atoms with Gasteiger partial charge in [0, 0.05) is 19.0 Å². The molecule has 4 nitrogen and oxygen atoms in total. The minimum absolute atomic E-state index is 0.0982. The molecule has 1 aliphatic rings. The number of amides is 2. The van der Waals surface area contributed by atoms with Gasteiger partial charge < -0.3 is 15.4 Å². The highest BCUT2D eigenvalue weighted by atomic mass is 16.5. The van der Waals surface area contributed by atoms with E-state index in [1.807, 2.05) is 6.07 Å². The van der Waals surface area contributed by atoms with Gasteiger partial charge in [-0.1, -0.05) is 26.0 Å². The Hall–Kier alpha value is -1.71. The SMILES string of the molecule is CNC(=O)NCC(C)(C)c1ccc2c(c1)CCCO2. The summed E-state index contributed by atoms with van der Waals surface area (Å²) in [6, 6.07) is 6.20. The number of hydrogen-bond acceptors (Lipinski definition) is 2. The van der Waals surface area contributed by atoms with Gasteiger partial charge in [0.1, 0.15) is 5.75 Å². The highest BCUT2D eigenvalue weighted by molar-refractivity contribution is 5.73. The molecule has 0 fully saturated rings. The second-order valence-corrected chi connectivity index (χ2v) is 5.59. The van der Waals surface area contributed by atoms with Crippen molar-refractivity contribution in [3.05, 3.63) is 29.3 Å². The van der Waals surface area contributed by atoms with Crippen molar-refractivity contribution in [1.29, 1.82) is 0 Å². The zero-order valence-electron chi connectivity index (χ0n) is 11.9. The molecular weight excluding hydrogens is 240 g/mol. The van der Waals surface area contributed by atoms with Crippen molar-refractivity contribution >= 4 is 6.03 Å². The number of fused-ring (bicyclic) bond motifs is 1. The molecule has 4 heteroatoms. The summed E-state index contributed by atoms with van der Waals surface area (Å²) < 4.78 is 5.63. The molecule has 2 amide bonds. The molecular formula is C15H22N2O2. The van der Waals surface area contributed by atoms with Gasteiger partial charge in [0.25, 0.3) is 0 Å². The minimum atomic E-state index is -0.144. The molecule has 1 aromatic rings. The molecule has 0 radical (unpaired) electrons. The van der Waals surface area contributed by atoms with Gasteiger partial charge in [-0.25, -0.2) is 4.79 Å². The van der Waals surface area contributed by atoms with Crippen molar-refractivity contribution in [2.45, 2.75) is 32.1 Å². The fourth-order valence-corrected chi connectivity index (χ4v) is 2.27. The molecule has 0 spiro atoms. The van der Waals surface area contributed by atoms with Crippen LogP contribution in [0.5, 0.6) is 5.75 Å². The maximum atomic E-state index is 11.3. The van der Waals surface area contributed by atoms with Crippen molar-refractivity contribution in [1.82, 2.24) is 10.6 Å². The molecule has 0 atom stereocenters. The van der Waals surface area contributed by atoms with E-state index in [1.54, 1.807) is 7.05 Å². The van der Waals surface area contributed by atoms with Gasteiger partial charge in [-0.05, 0) is 30.0 Å². The van der Waals surface area contributed by atoms with Gasteiger partial charge in [-0.2, -0.15) is 0 Å². The van der Waals surface area contributed by atoms with E-state index in [2.05, 4.69) is 36.6 Å². The number of ether oxygens (including phenoxy) is 1. The van der Waals surface area contributed by atoms with Crippen molar-refractivity contribution in [2.75, 3.05) is 20.2 Å². The van der Waals surface area contributed by atoms with Crippen LogP contribution in [-0.2, 0) is 11.8 Å². The zero-order chi connectivity index (χ0) is 13.9. The van der Waals surface area contributed by atoms with Gasteiger partial charge >= 0.3 is 6.03 Å². The van der Waals surface area contributed by atoms with E-state index in [9.17, 15) is 4.79 Å². The maximum Gasteiger partial charge on any atom is 0.314 e. The van der Waals surface area contributed by atoms with Crippen molar-refractivity contribution in [3.8, 4) is 5.75 Å². The first-order valence-electron chi connectivity index (χ1n) is 6.75. The van der Waals surface area contributed by atoms with Gasteiger partial charge in [0.2, 0.25) is 0 Å². The molecule has 0 saturated heterocycles. The van der Waals surface area contributed by atoms with Crippen LogP contribution in [0.15, 0.2) is 18.2 Å². The standard InChI is InChI=1S/C15H22N2O2/c1-15(2,10-17-14(18)16-3)12-6-7-13-11(9-12)5-4-8-19-13/h6-7,9H,4-5,8,10H2,1-3H3,(H2,16,17,18). The van der Waals surface area contributed by atoms with Crippen molar-refractivity contribution in [2.24, 2.45) is 0 Å². The second-order valence-electron chi connectivity index (χ2n) is 5.59. The summed E-state index contributed by atoms with van der Waals surface area (Å²) in [7, 11) is 1.62. The minimum Gasteiger partial charge on any atom is -0.493 e. The van der Waals surface area contributed by atoms with E-state index in [1.165, 1.54) is 11.1 Å². The molecule has 104 valence electrons. The normalized spacial score (nSPS) is 14.3. The molecule has 1 aromatic carbocycles. The second kappa shape index (κ2) is 5.51. The van der Waals surface area contributed by atoms with Crippen LogP contribution >= 0.6 is 0 Å². The van der Waals surface area contributed by atoms with Crippen LogP contribution in [0, 0.1) is 0 Å². The third-order valence-corrected chi connectivity index (χ3v) is 3.61. The first-order chi connectivity index (χ1) is 9.03. The Balaban J connectivity index is 2.13. The Morgan fingerprint density at radius 3 is 2.95 bits per heavy atom. The summed E-state index contributed by atoms with van der Waals surface area (Å²) >= 11 is 0. The number of aryl methyl sites for hydroxylation is 1. The van der Waals surface area contributed by atoms with Crippen LogP contribution in [0.3, 0.4) is 0 Å². The topological polar surface area (TPSA) is 50.4 Å². The number of hydrogen-bond donors (Lipinski definition) is 2. The lowest BCUT2D eigenvalue weighted by molar-refractivity contribution is 0.240. The summed E-state index contributed by atoms with van der Waals surface area (Å²) in [5, 5.41) is 5.44. The molecule has 2 rings (SSSR count). The Labute approximate surface area is 114 Å². The Kier molecular flexibility index (Phi) is 3.98. The van der Waals surface area contributed by atoms with Crippen LogP contribution in [-0.4, -0.2) is 26.2 Å². The van der Waals surface area contributed by atoms with Gasteiger partial charge in [-0.15, -0.1) is 0 Å². The first kappa shape index (κ1) is 13.7. The lowest BCUT2D eigenvalue weighted by Crippen LogP contribution is -2.41. The lowest BCUT2D eigenvalue weighted by atomic mass is 9.83. The Bertz CT molecular complexity index is 469. The molecule has 0 unspecified atom stereocenters. The largest absolute Gasteiger partial charge is 0.493 e. The monoisotopic (exact) mass is 262 g/mol. The molecule has 0 aromatic heterocycles. The van der Waals surface area contributed by atoms with Crippen molar-refractivity contribution in [3.63, 3.8) is 0 Å². The highest BCUT2D eigenvalue weighted by Crippen LogP contribution is 2.30. The molecule has 0 aliphatic carbocycles. The van der Waals surface area contributed by atoms with Gasteiger partial charge in [-0.3, -0.25) is 0 Å². The van der Waals surface area contributed by atoms with Crippen LogP contribution < -0.4 is 15.4 Å². The predicted molar refractivity (Wildman–Crippen MR) is 75.7 cm³/mol. The first-order valence-corrected chi connectivity index (χ1v) is 6.75. The summed E-state index contributed by atoms with van der Waals surface area (Å²) in [5.74, 6) is 1.00.